The minimum Gasteiger partial charge on any atom is -0.494 e. The van der Waals surface area contributed by atoms with E-state index in [1.54, 1.807) is 0 Å². The van der Waals surface area contributed by atoms with Crippen LogP contribution in [0, 0.1) is 0 Å². The highest BCUT2D eigenvalue weighted by atomic mass is 16.5. The smallest absolute Gasteiger partial charge is 0.120 e. The molecule has 0 saturated carbocycles. The Morgan fingerprint density at radius 3 is 2.17 bits per heavy atom. The molecule has 1 aromatic rings. The van der Waals surface area contributed by atoms with Crippen molar-refractivity contribution in [3.8, 4) is 11.5 Å². The van der Waals surface area contributed by atoms with E-state index in [2.05, 4.69) is 26.1 Å². The zero-order valence-electron chi connectivity index (χ0n) is 11.9. The number of hydrogen-bond acceptors (Lipinski definition) is 3. The molecule has 102 valence electrons. The number of hydrogen-bond donors (Lipinski definition) is 1. The minimum absolute atomic E-state index is 0.213. The summed E-state index contributed by atoms with van der Waals surface area (Å²) in [6, 6.07) is 8.30. The number of benzene rings is 1. The molecule has 0 aliphatic carbocycles. The van der Waals surface area contributed by atoms with Gasteiger partial charge in [-0.3, -0.25) is 0 Å². The fraction of sp³-hybridized carbons (Fsp3) is 0.600. The van der Waals surface area contributed by atoms with E-state index in [0.29, 0.717) is 12.6 Å². The van der Waals surface area contributed by atoms with Gasteiger partial charge in [-0.2, -0.15) is 0 Å². The third-order valence-corrected chi connectivity index (χ3v) is 2.65. The first-order valence-electron chi connectivity index (χ1n) is 6.78. The Bertz CT molecular complexity index is 322. The molecule has 0 spiro atoms. The lowest BCUT2D eigenvalue weighted by Crippen LogP contribution is -2.34. The Hall–Kier alpha value is -1.22. The van der Waals surface area contributed by atoms with E-state index in [1.807, 2.05) is 31.2 Å². The Morgan fingerprint density at radius 2 is 1.67 bits per heavy atom. The first kappa shape index (κ1) is 14.8. The number of ether oxygens (including phenoxy) is 2. The summed E-state index contributed by atoms with van der Waals surface area (Å²) in [6.45, 7) is 9.97. The van der Waals surface area contributed by atoms with Crippen molar-refractivity contribution in [3.05, 3.63) is 24.3 Å². The Balaban J connectivity index is 2.48. The fourth-order valence-electron chi connectivity index (χ4n) is 1.61. The molecule has 18 heavy (non-hydrogen) atoms. The molecular weight excluding hydrogens is 226 g/mol. The monoisotopic (exact) mass is 251 g/mol. The molecule has 3 heteroatoms. The summed E-state index contributed by atoms with van der Waals surface area (Å²) in [5.41, 5.74) is 0. The quantitative estimate of drug-likeness (QED) is 0.769. The maximum absolute atomic E-state index is 5.93. The van der Waals surface area contributed by atoms with Crippen molar-refractivity contribution in [1.82, 2.24) is 5.32 Å². The molecule has 0 heterocycles. The van der Waals surface area contributed by atoms with Gasteiger partial charge in [0.15, 0.2) is 0 Å². The summed E-state index contributed by atoms with van der Waals surface area (Å²) >= 11 is 0. The summed E-state index contributed by atoms with van der Waals surface area (Å²) in [4.78, 5) is 0. The lowest BCUT2D eigenvalue weighted by atomic mass is 10.2. The predicted octanol–water partition coefficient (Wildman–Crippen LogP) is 3.24. The summed E-state index contributed by atoms with van der Waals surface area (Å²) in [5, 5.41) is 3.40. The zero-order chi connectivity index (χ0) is 13.4. The van der Waals surface area contributed by atoms with Gasteiger partial charge in [0.25, 0.3) is 0 Å². The van der Waals surface area contributed by atoms with E-state index in [4.69, 9.17) is 9.47 Å². The van der Waals surface area contributed by atoms with Crippen molar-refractivity contribution in [1.29, 1.82) is 0 Å². The van der Waals surface area contributed by atoms with Crippen LogP contribution in [0.2, 0.25) is 0 Å². The SMILES string of the molecule is CCOc1ccc(OC(CC)CNC(C)C)cc1. The van der Waals surface area contributed by atoms with Gasteiger partial charge in [-0.25, -0.2) is 0 Å². The van der Waals surface area contributed by atoms with Crippen LogP contribution >= 0.6 is 0 Å². The first-order valence-corrected chi connectivity index (χ1v) is 6.78. The molecule has 1 atom stereocenters. The van der Waals surface area contributed by atoms with E-state index < -0.39 is 0 Å². The second-order valence-corrected chi connectivity index (χ2v) is 4.62. The van der Waals surface area contributed by atoms with Crippen LogP contribution in [0.3, 0.4) is 0 Å². The van der Waals surface area contributed by atoms with Gasteiger partial charge in [0.05, 0.1) is 6.61 Å². The summed E-state index contributed by atoms with van der Waals surface area (Å²) in [7, 11) is 0. The molecule has 0 saturated heterocycles. The van der Waals surface area contributed by atoms with Crippen molar-refractivity contribution >= 4 is 0 Å². The highest BCUT2D eigenvalue weighted by Gasteiger charge is 2.08. The molecule has 0 aromatic heterocycles. The van der Waals surface area contributed by atoms with Gasteiger partial charge in [-0.1, -0.05) is 20.8 Å². The lowest BCUT2D eigenvalue weighted by Gasteiger charge is -2.19. The molecule has 3 nitrogen and oxygen atoms in total. The molecule has 0 fully saturated rings. The molecule has 0 aliphatic rings. The highest BCUT2D eigenvalue weighted by molar-refractivity contribution is 5.31. The Morgan fingerprint density at radius 1 is 1.06 bits per heavy atom. The van der Waals surface area contributed by atoms with Crippen molar-refractivity contribution < 1.29 is 9.47 Å². The molecule has 1 unspecified atom stereocenters. The van der Waals surface area contributed by atoms with Crippen LogP contribution < -0.4 is 14.8 Å². The van der Waals surface area contributed by atoms with Crippen LogP contribution in [0.25, 0.3) is 0 Å². The van der Waals surface area contributed by atoms with E-state index in [9.17, 15) is 0 Å². The number of rotatable bonds is 8. The molecule has 0 bridgehead atoms. The van der Waals surface area contributed by atoms with Crippen molar-refractivity contribution in [2.75, 3.05) is 13.2 Å². The average molecular weight is 251 g/mol. The topological polar surface area (TPSA) is 30.5 Å². The van der Waals surface area contributed by atoms with Crippen molar-refractivity contribution in [2.45, 2.75) is 46.3 Å². The maximum Gasteiger partial charge on any atom is 0.120 e. The van der Waals surface area contributed by atoms with Gasteiger partial charge in [0, 0.05) is 12.6 Å². The van der Waals surface area contributed by atoms with Gasteiger partial charge in [0.2, 0.25) is 0 Å². The van der Waals surface area contributed by atoms with E-state index >= 15 is 0 Å². The second-order valence-electron chi connectivity index (χ2n) is 4.62. The van der Waals surface area contributed by atoms with Crippen LogP contribution in [0.5, 0.6) is 11.5 Å². The third kappa shape index (κ3) is 5.41. The second kappa shape index (κ2) is 7.98. The largest absolute Gasteiger partial charge is 0.494 e. The molecule has 1 rings (SSSR count). The van der Waals surface area contributed by atoms with Crippen LogP contribution in [-0.2, 0) is 0 Å². The zero-order valence-corrected chi connectivity index (χ0v) is 11.9. The van der Waals surface area contributed by atoms with E-state index in [1.165, 1.54) is 0 Å². The molecular formula is C15H25NO2. The summed E-state index contributed by atoms with van der Waals surface area (Å²) in [5.74, 6) is 1.79. The lowest BCUT2D eigenvalue weighted by molar-refractivity contribution is 0.190. The average Bonchev–Trinajstić information content (AvgIpc) is 2.36. The van der Waals surface area contributed by atoms with Gasteiger partial charge < -0.3 is 14.8 Å². The highest BCUT2D eigenvalue weighted by Crippen LogP contribution is 2.19. The number of nitrogens with one attached hydrogen (secondary N) is 1. The van der Waals surface area contributed by atoms with Crippen LogP contribution in [0.15, 0.2) is 24.3 Å². The van der Waals surface area contributed by atoms with E-state index in [-0.39, 0.29) is 6.10 Å². The Kier molecular flexibility index (Phi) is 6.58. The van der Waals surface area contributed by atoms with Gasteiger partial charge in [0.1, 0.15) is 17.6 Å². The van der Waals surface area contributed by atoms with Crippen LogP contribution in [-0.4, -0.2) is 25.3 Å². The Labute approximate surface area is 110 Å². The van der Waals surface area contributed by atoms with Gasteiger partial charge in [-0.05, 0) is 37.6 Å². The normalized spacial score (nSPS) is 12.5. The molecule has 0 radical (unpaired) electrons. The predicted molar refractivity (Wildman–Crippen MR) is 75.5 cm³/mol. The standard InChI is InChI=1S/C15H25NO2/c1-5-13(11-16-12(3)4)18-15-9-7-14(8-10-15)17-6-2/h7-10,12-13,16H,5-6,11H2,1-4H3. The molecule has 1 aromatic carbocycles. The van der Waals surface area contributed by atoms with Crippen molar-refractivity contribution in [2.24, 2.45) is 0 Å². The minimum atomic E-state index is 0.213. The van der Waals surface area contributed by atoms with Gasteiger partial charge in [-0.15, -0.1) is 0 Å². The summed E-state index contributed by atoms with van der Waals surface area (Å²) < 4.78 is 11.3. The van der Waals surface area contributed by atoms with Crippen molar-refractivity contribution in [3.63, 3.8) is 0 Å². The third-order valence-electron chi connectivity index (χ3n) is 2.65. The molecule has 0 amide bonds. The van der Waals surface area contributed by atoms with E-state index in [0.717, 1.165) is 24.5 Å². The first-order chi connectivity index (χ1) is 8.65. The summed E-state index contributed by atoms with van der Waals surface area (Å²) in [6.07, 6.45) is 1.21. The molecule has 0 aliphatic heterocycles. The maximum atomic E-state index is 5.93. The molecule has 1 N–H and O–H groups in total. The van der Waals surface area contributed by atoms with Crippen LogP contribution in [0.4, 0.5) is 0 Å². The van der Waals surface area contributed by atoms with Crippen LogP contribution in [0.1, 0.15) is 34.1 Å². The fourth-order valence-corrected chi connectivity index (χ4v) is 1.61. The van der Waals surface area contributed by atoms with Gasteiger partial charge >= 0.3 is 0 Å².